The van der Waals surface area contributed by atoms with Crippen LogP contribution in [0.3, 0.4) is 0 Å². The lowest BCUT2D eigenvalue weighted by molar-refractivity contribution is -0.116. The molecule has 0 fully saturated rings. The number of aromatic nitrogens is 1. The van der Waals surface area contributed by atoms with Crippen LogP contribution in [0.5, 0.6) is 5.75 Å². The summed E-state index contributed by atoms with van der Waals surface area (Å²) >= 11 is 1.40. The summed E-state index contributed by atoms with van der Waals surface area (Å²) in [4.78, 5) is 30.0. The van der Waals surface area contributed by atoms with Gasteiger partial charge in [-0.3, -0.25) is 9.78 Å². The molecule has 3 aromatic rings. The zero-order valence-corrected chi connectivity index (χ0v) is 21.6. The van der Waals surface area contributed by atoms with E-state index in [1.54, 1.807) is 12.4 Å². The maximum Gasteiger partial charge on any atom is 0.407 e. The number of amides is 2. The zero-order valence-electron chi connectivity index (χ0n) is 20.8. The van der Waals surface area contributed by atoms with Gasteiger partial charge in [0.2, 0.25) is 5.91 Å². The zero-order chi connectivity index (χ0) is 26.0. The van der Waals surface area contributed by atoms with E-state index >= 15 is 0 Å². The van der Waals surface area contributed by atoms with Crippen LogP contribution in [-0.4, -0.2) is 36.2 Å². The number of fused-ring (bicyclic) bond motifs is 1. The topological polar surface area (TPSA) is 113 Å². The molecule has 2 aromatic heterocycles. The molecule has 1 unspecified atom stereocenters. The molecule has 9 heteroatoms. The number of para-hydroxylation sites is 1. The lowest BCUT2D eigenvalue weighted by Gasteiger charge is -2.22. The van der Waals surface area contributed by atoms with Crippen LogP contribution in [0, 0.1) is 11.3 Å². The molecular formula is C28H30N4O4S. The Morgan fingerprint density at radius 3 is 2.86 bits per heavy atom. The lowest BCUT2D eigenvalue weighted by Crippen LogP contribution is -2.33. The molecule has 192 valence electrons. The first kappa shape index (κ1) is 26.2. The van der Waals surface area contributed by atoms with E-state index in [1.165, 1.54) is 11.3 Å². The standard InChI is InChI=1S/C28H30N4O4S/c1-2-35-24-8-4-3-7-20(24)9-12-26(33)32-27-23(17-29)22-11-10-21(16-25(22)37-27)36-28(34)31-15-13-19-6-5-14-30-18-19/h3-8,14,18,21H,2,9-13,15-16H2,1H3,(H,31,34)(H,32,33). The number of hydrogen-bond donors (Lipinski definition) is 2. The lowest BCUT2D eigenvalue weighted by atomic mass is 9.94. The molecule has 1 atom stereocenters. The van der Waals surface area contributed by atoms with Gasteiger partial charge in [0.05, 0.1) is 12.2 Å². The minimum atomic E-state index is -0.449. The fraction of sp³-hybridized carbons (Fsp3) is 0.357. The molecule has 0 bridgehead atoms. The van der Waals surface area contributed by atoms with Gasteiger partial charge >= 0.3 is 6.09 Å². The van der Waals surface area contributed by atoms with Crippen molar-refractivity contribution in [2.24, 2.45) is 0 Å². The minimum Gasteiger partial charge on any atom is -0.494 e. The van der Waals surface area contributed by atoms with Crippen LogP contribution in [0.1, 0.15) is 46.9 Å². The predicted molar refractivity (Wildman–Crippen MR) is 142 cm³/mol. The summed E-state index contributed by atoms with van der Waals surface area (Å²) in [7, 11) is 0. The largest absolute Gasteiger partial charge is 0.494 e. The number of pyridine rings is 1. The highest BCUT2D eigenvalue weighted by molar-refractivity contribution is 7.16. The van der Waals surface area contributed by atoms with Gasteiger partial charge in [-0.2, -0.15) is 5.26 Å². The minimum absolute atomic E-state index is 0.151. The number of thiophene rings is 1. The van der Waals surface area contributed by atoms with Crippen LogP contribution in [0.2, 0.25) is 0 Å². The molecule has 0 radical (unpaired) electrons. The smallest absolute Gasteiger partial charge is 0.407 e. The van der Waals surface area contributed by atoms with Gasteiger partial charge in [0, 0.05) is 36.7 Å². The van der Waals surface area contributed by atoms with E-state index in [9.17, 15) is 14.9 Å². The van der Waals surface area contributed by atoms with Crippen molar-refractivity contribution in [2.45, 2.75) is 51.6 Å². The summed E-state index contributed by atoms with van der Waals surface area (Å²) in [5.41, 5.74) is 3.48. The second kappa shape index (κ2) is 12.9. The Kier molecular flexibility index (Phi) is 9.11. The molecule has 1 aliphatic carbocycles. The third-order valence-corrected chi connectivity index (χ3v) is 7.33. The van der Waals surface area contributed by atoms with Crippen LogP contribution in [0.25, 0.3) is 0 Å². The summed E-state index contributed by atoms with van der Waals surface area (Å²) in [5.74, 6) is 0.636. The van der Waals surface area contributed by atoms with E-state index in [0.717, 1.165) is 27.3 Å². The van der Waals surface area contributed by atoms with Gasteiger partial charge in [-0.1, -0.05) is 24.3 Å². The van der Waals surface area contributed by atoms with E-state index in [-0.39, 0.29) is 18.4 Å². The Hall–Kier alpha value is -3.90. The van der Waals surface area contributed by atoms with E-state index in [4.69, 9.17) is 9.47 Å². The highest BCUT2D eigenvalue weighted by Crippen LogP contribution is 2.38. The fourth-order valence-corrected chi connectivity index (χ4v) is 5.63. The number of carbonyl (C=O) groups is 2. The first-order valence-electron chi connectivity index (χ1n) is 12.5. The Morgan fingerprint density at radius 2 is 2.08 bits per heavy atom. The van der Waals surface area contributed by atoms with Crippen LogP contribution >= 0.6 is 11.3 Å². The molecule has 2 N–H and O–H groups in total. The number of aryl methyl sites for hydroxylation is 1. The quantitative estimate of drug-likeness (QED) is 0.398. The first-order valence-corrected chi connectivity index (χ1v) is 13.3. The monoisotopic (exact) mass is 518 g/mol. The normalized spacial score (nSPS) is 14.2. The second-order valence-corrected chi connectivity index (χ2v) is 9.82. The maximum atomic E-state index is 12.7. The van der Waals surface area contributed by atoms with E-state index in [0.29, 0.717) is 55.8 Å². The van der Waals surface area contributed by atoms with Crippen molar-refractivity contribution < 1.29 is 19.1 Å². The molecular weight excluding hydrogens is 488 g/mol. The third-order valence-electron chi connectivity index (χ3n) is 6.16. The Bertz CT molecular complexity index is 1270. The number of nitrogens with one attached hydrogen (secondary N) is 2. The summed E-state index contributed by atoms with van der Waals surface area (Å²) in [5, 5.41) is 16.1. The van der Waals surface area contributed by atoms with Crippen molar-refractivity contribution >= 4 is 28.3 Å². The van der Waals surface area contributed by atoms with Crippen molar-refractivity contribution in [3.63, 3.8) is 0 Å². The van der Waals surface area contributed by atoms with Crippen molar-refractivity contribution in [1.82, 2.24) is 10.3 Å². The van der Waals surface area contributed by atoms with Gasteiger partial charge in [-0.05, 0) is 61.4 Å². The van der Waals surface area contributed by atoms with Crippen LogP contribution in [0.4, 0.5) is 9.80 Å². The Labute approximate surface area is 220 Å². The number of nitrogens with zero attached hydrogens (tertiary/aromatic N) is 2. The molecule has 8 nitrogen and oxygen atoms in total. The molecule has 2 heterocycles. The molecule has 37 heavy (non-hydrogen) atoms. The number of ether oxygens (including phenoxy) is 2. The number of carbonyl (C=O) groups excluding carboxylic acids is 2. The Balaban J connectivity index is 1.30. The summed E-state index contributed by atoms with van der Waals surface area (Å²) < 4.78 is 11.3. The predicted octanol–water partition coefficient (Wildman–Crippen LogP) is 4.81. The number of rotatable bonds is 10. The molecule has 0 saturated heterocycles. The van der Waals surface area contributed by atoms with Crippen LogP contribution < -0.4 is 15.4 Å². The summed E-state index contributed by atoms with van der Waals surface area (Å²) in [6.07, 6.45) is 6.06. The van der Waals surface area contributed by atoms with Gasteiger partial charge < -0.3 is 20.1 Å². The number of hydrogen-bond acceptors (Lipinski definition) is 7. The average Bonchev–Trinajstić information content (AvgIpc) is 3.25. The van der Waals surface area contributed by atoms with E-state index < -0.39 is 6.09 Å². The van der Waals surface area contributed by atoms with E-state index in [1.807, 2.05) is 43.3 Å². The SMILES string of the molecule is CCOc1ccccc1CCC(=O)Nc1sc2c(c1C#N)CCC(OC(=O)NCCc1cccnc1)C2. The van der Waals surface area contributed by atoms with Gasteiger partial charge in [0.25, 0.3) is 0 Å². The number of anilines is 1. The highest BCUT2D eigenvalue weighted by Gasteiger charge is 2.28. The Morgan fingerprint density at radius 1 is 1.22 bits per heavy atom. The number of alkyl carbamates (subject to hydrolysis) is 1. The second-order valence-electron chi connectivity index (χ2n) is 8.72. The molecule has 0 saturated carbocycles. The molecule has 0 spiro atoms. The molecule has 1 aromatic carbocycles. The van der Waals surface area contributed by atoms with Crippen molar-refractivity contribution in [3.8, 4) is 11.8 Å². The maximum absolute atomic E-state index is 12.7. The van der Waals surface area contributed by atoms with Crippen LogP contribution in [-0.2, 0) is 35.2 Å². The fourth-order valence-electron chi connectivity index (χ4n) is 4.35. The molecule has 2 amide bonds. The number of benzene rings is 1. The van der Waals surface area contributed by atoms with Crippen LogP contribution in [0.15, 0.2) is 48.8 Å². The summed E-state index contributed by atoms with van der Waals surface area (Å²) in [6.45, 7) is 2.95. The van der Waals surface area contributed by atoms with Crippen molar-refractivity contribution in [1.29, 1.82) is 5.26 Å². The highest BCUT2D eigenvalue weighted by atomic mass is 32.1. The van der Waals surface area contributed by atoms with Gasteiger partial charge in [0.15, 0.2) is 0 Å². The first-order chi connectivity index (χ1) is 18.1. The molecule has 0 aliphatic heterocycles. The third kappa shape index (κ3) is 7.08. The van der Waals surface area contributed by atoms with Crippen molar-refractivity contribution in [2.75, 3.05) is 18.5 Å². The van der Waals surface area contributed by atoms with Gasteiger partial charge in [0.1, 0.15) is 22.9 Å². The molecule has 1 aliphatic rings. The summed E-state index contributed by atoms with van der Waals surface area (Å²) in [6, 6.07) is 13.8. The van der Waals surface area contributed by atoms with Gasteiger partial charge in [-0.15, -0.1) is 11.3 Å². The van der Waals surface area contributed by atoms with Gasteiger partial charge in [-0.25, -0.2) is 4.79 Å². The van der Waals surface area contributed by atoms with Crippen molar-refractivity contribution in [3.05, 3.63) is 75.9 Å². The number of nitriles is 1. The average molecular weight is 519 g/mol. The van der Waals surface area contributed by atoms with E-state index in [2.05, 4.69) is 21.7 Å². The molecule has 4 rings (SSSR count).